The van der Waals surface area contributed by atoms with E-state index in [1.54, 1.807) is 11.3 Å². The van der Waals surface area contributed by atoms with Gasteiger partial charge >= 0.3 is 0 Å². The van der Waals surface area contributed by atoms with Crippen LogP contribution in [0.15, 0.2) is 29.8 Å². The van der Waals surface area contributed by atoms with Gasteiger partial charge in [0.2, 0.25) is 0 Å². The average Bonchev–Trinajstić information content (AvgIpc) is 3.24. The molecule has 114 valence electrons. The first kappa shape index (κ1) is 13.9. The molecule has 2 aliphatic rings. The molecular weight excluding hydrogens is 296 g/mol. The van der Waals surface area contributed by atoms with Gasteiger partial charge in [0.15, 0.2) is 0 Å². The molecule has 1 aromatic heterocycles. The first-order valence-electron chi connectivity index (χ1n) is 7.73. The molecule has 5 heteroatoms. The maximum atomic E-state index is 13.0. The summed E-state index contributed by atoms with van der Waals surface area (Å²) in [4.78, 5) is 19.4. The molecule has 4 rings (SSSR count). The second-order valence-electron chi connectivity index (χ2n) is 5.86. The van der Waals surface area contributed by atoms with E-state index in [1.807, 2.05) is 34.7 Å². The number of hydrogen-bond donors (Lipinski definition) is 0. The molecule has 22 heavy (non-hydrogen) atoms. The highest BCUT2D eigenvalue weighted by Crippen LogP contribution is 2.33. The Hall–Kier alpha value is -1.72. The SMILES string of the molecule is O=C(c1ccc2c(c1)COC2)N1CCCC[C@H]1c1nccs1. The van der Waals surface area contributed by atoms with Crippen molar-refractivity contribution in [2.75, 3.05) is 6.54 Å². The maximum absolute atomic E-state index is 13.0. The molecule has 1 amide bonds. The summed E-state index contributed by atoms with van der Waals surface area (Å²) in [6.07, 6.45) is 5.06. The van der Waals surface area contributed by atoms with E-state index in [2.05, 4.69) is 4.98 Å². The molecule has 0 bridgehead atoms. The van der Waals surface area contributed by atoms with Crippen LogP contribution in [0.25, 0.3) is 0 Å². The van der Waals surface area contributed by atoms with Gasteiger partial charge in [0, 0.05) is 23.7 Å². The molecular formula is C17H18N2O2S. The van der Waals surface area contributed by atoms with Crippen LogP contribution >= 0.6 is 11.3 Å². The first-order chi connectivity index (χ1) is 10.8. The molecule has 0 unspecified atom stereocenters. The van der Waals surface area contributed by atoms with E-state index in [1.165, 1.54) is 5.56 Å². The number of likely N-dealkylation sites (tertiary alicyclic amines) is 1. The van der Waals surface area contributed by atoms with Crippen LogP contribution in [0.1, 0.15) is 51.8 Å². The molecule has 2 aromatic rings. The van der Waals surface area contributed by atoms with Gasteiger partial charge in [0.05, 0.1) is 19.3 Å². The third kappa shape index (κ3) is 2.44. The number of benzene rings is 1. The molecule has 3 heterocycles. The number of fused-ring (bicyclic) bond motifs is 1. The van der Waals surface area contributed by atoms with E-state index in [4.69, 9.17) is 4.74 Å². The summed E-state index contributed by atoms with van der Waals surface area (Å²) in [7, 11) is 0. The van der Waals surface area contributed by atoms with Crippen molar-refractivity contribution < 1.29 is 9.53 Å². The van der Waals surface area contributed by atoms with E-state index in [9.17, 15) is 4.79 Å². The Balaban J connectivity index is 1.62. The number of amides is 1. The fourth-order valence-electron chi connectivity index (χ4n) is 3.30. The van der Waals surface area contributed by atoms with E-state index in [0.717, 1.165) is 41.9 Å². The highest BCUT2D eigenvalue weighted by atomic mass is 32.1. The fraction of sp³-hybridized carbons (Fsp3) is 0.412. The van der Waals surface area contributed by atoms with Gasteiger partial charge < -0.3 is 9.64 Å². The Bertz CT molecular complexity index is 684. The Kier molecular flexibility index (Phi) is 3.68. The van der Waals surface area contributed by atoms with Crippen molar-refractivity contribution in [2.45, 2.75) is 38.5 Å². The van der Waals surface area contributed by atoms with Crippen molar-refractivity contribution in [1.82, 2.24) is 9.88 Å². The number of rotatable bonds is 2. The van der Waals surface area contributed by atoms with Crippen LogP contribution in [-0.4, -0.2) is 22.3 Å². The van der Waals surface area contributed by atoms with Gasteiger partial charge in [-0.25, -0.2) is 4.98 Å². The molecule has 1 atom stereocenters. The Morgan fingerprint density at radius 3 is 3.05 bits per heavy atom. The molecule has 4 nitrogen and oxygen atoms in total. The van der Waals surface area contributed by atoms with E-state index < -0.39 is 0 Å². The van der Waals surface area contributed by atoms with Gasteiger partial charge in [-0.3, -0.25) is 4.79 Å². The fourth-order valence-corrected chi connectivity index (χ4v) is 4.09. The van der Waals surface area contributed by atoms with Gasteiger partial charge in [-0.15, -0.1) is 11.3 Å². The zero-order chi connectivity index (χ0) is 14.9. The number of thiazole rings is 1. The molecule has 1 saturated heterocycles. The second-order valence-corrected chi connectivity index (χ2v) is 6.78. The zero-order valence-corrected chi connectivity index (χ0v) is 13.1. The number of piperidine rings is 1. The van der Waals surface area contributed by atoms with Crippen molar-refractivity contribution in [3.8, 4) is 0 Å². The van der Waals surface area contributed by atoms with Crippen LogP contribution in [0.4, 0.5) is 0 Å². The molecule has 0 radical (unpaired) electrons. The summed E-state index contributed by atoms with van der Waals surface area (Å²) in [5.74, 6) is 0.120. The normalized spacial score (nSPS) is 20.9. The lowest BCUT2D eigenvalue weighted by Gasteiger charge is -2.34. The predicted octanol–water partition coefficient (Wildman–Crippen LogP) is 3.54. The van der Waals surface area contributed by atoms with Gasteiger partial charge in [-0.05, 0) is 42.5 Å². The third-order valence-electron chi connectivity index (χ3n) is 4.47. The number of aromatic nitrogens is 1. The predicted molar refractivity (Wildman–Crippen MR) is 84.7 cm³/mol. The largest absolute Gasteiger partial charge is 0.372 e. The summed E-state index contributed by atoms with van der Waals surface area (Å²) < 4.78 is 5.44. The number of nitrogens with zero attached hydrogens (tertiary/aromatic N) is 2. The molecule has 2 aliphatic heterocycles. The van der Waals surface area contributed by atoms with E-state index in [0.29, 0.717) is 13.2 Å². The molecule has 0 aliphatic carbocycles. The van der Waals surface area contributed by atoms with Gasteiger partial charge in [0.25, 0.3) is 5.91 Å². The maximum Gasteiger partial charge on any atom is 0.254 e. The minimum atomic E-state index is 0.120. The van der Waals surface area contributed by atoms with E-state index in [-0.39, 0.29) is 11.9 Å². The van der Waals surface area contributed by atoms with Crippen molar-refractivity contribution in [3.63, 3.8) is 0 Å². The third-order valence-corrected chi connectivity index (χ3v) is 5.35. The topological polar surface area (TPSA) is 42.4 Å². The minimum absolute atomic E-state index is 0.120. The highest BCUT2D eigenvalue weighted by molar-refractivity contribution is 7.09. The van der Waals surface area contributed by atoms with Crippen LogP contribution in [0.2, 0.25) is 0 Å². The molecule has 1 aromatic carbocycles. The average molecular weight is 314 g/mol. The van der Waals surface area contributed by atoms with Crippen molar-refractivity contribution in [3.05, 3.63) is 51.5 Å². The lowest BCUT2D eigenvalue weighted by Crippen LogP contribution is -2.38. The number of ether oxygens (including phenoxy) is 1. The van der Waals surface area contributed by atoms with Crippen LogP contribution in [0.3, 0.4) is 0 Å². The quantitative estimate of drug-likeness (QED) is 0.851. The molecule has 0 spiro atoms. The Morgan fingerprint density at radius 2 is 2.18 bits per heavy atom. The molecule has 0 saturated carbocycles. The summed E-state index contributed by atoms with van der Waals surface area (Å²) in [5, 5.41) is 3.04. The monoisotopic (exact) mass is 314 g/mol. The van der Waals surface area contributed by atoms with Crippen molar-refractivity contribution >= 4 is 17.2 Å². The number of carbonyl (C=O) groups is 1. The van der Waals surface area contributed by atoms with Crippen LogP contribution in [0, 0.1) is 0 Å². The molecule has 1 fully saturated rings. The number of hydrogen-bond acceptors (Lipinski definition) is 4. The minimum Gasteiger partial charge on any atom is -0.372 e. The number of carbonyl (C=O) groups excluding carboxylic acids is 1. The highest BCUT2D eigenvalue weighted by Gasteiger charge is 2.30. The van der Waals surface area contributed by atoms with Gasteiger partial charge in [0.1, 0.15) is 5.01 Å². The smallest absolute Gasteiger partial charge is 0.254 e. The van der Waals surface area contributed by atoms with Crippen LogP contribution in [-0.2, 0) is 18.0 Å². The van der Waals surface area contributed by atoms with Crippen molar-refractivity contribution in [1.29, 1.82) is 0 Å². The van der Waals surface area contributed by atoms with Crippen LogP contribution < -0.4 is 0 Å². The summed E-state index contributed by atoms with van der Waals surface area (Å²) >= 11 is 1.64. The summed E-state index contributed by atoms with van der Waals surface area (Å²) in [6, 6.07) is 6.09. The molecule has 0 N–H and O–H groups in total. The zero-order valence-electron chi connectivity index (χ0n) is 12.3. The Labute approximate surface area is 133 Å². The van der Waals surface area contributed by atoms with Crippen molar-refractivity contribution in [2.24, 2.45) is 0 Å². The van der Waals surface area contributed by atoms with Crippen LogP contribution in [0.5, 0.6) is 0 Å². The Morgan fingerprint density at radius 1 is 1.27 bits per heavy atom. The standard InChI is InChI=1S/C17H18N2O2S/c20-17(12-4-5-13-10-21-11-14(13)9-12)19-7-2-1-3-15(19)16-18-6-8-22-16/h4-6,8-9,15H,1-3,7,10-11H2/t15-/m0/s1. The summed E-state index contributed by atoms with van der Waals surface area (Å²) in [5.41, 5.74) is 3.12. The first-order valence-corrected chi connectivity index (χ1v) is 8.61. The van der Waals surface area contributed by atoms with Gasteiger partial charge in [-0.1, -0.05) is 6.07 Å². The summed E-state index contributed by atoms with van der Waals surface area (Å²) in [6.45, 7) is 2.10. The van der Waals surface area contributed by atoms with Gasteiger partial charge in [-0.2, -0.15) is 0 Å². The lowest BCUT2D eigenvalue weighted by atomic mass is 10.00. The lowest BCUT2D eigenvalue weighted by molar-refractivity contribution is 0.0611. The second kappa shape index (κ2) is 5.82. The van der Waals surface area contributed by atoms with E-state index >= 15 is 0 Å².